The predicted octanol–water partition coefficient (Wildman–Crippen LogP) is 3.30. The van der Waals surface area contributed by atoms with Crippen LogP contribution in [-0.2, 0) is 4.79 Å². The van der Waals surface area contributed by atoms with Crippen LogP contribution < -0.4 is 9.47 Å². The molecule has 2 rings (SSSR count). The van der Waals surface area contributed by atoms with Crippen LogP contribution in [0.4, 0.5) is 5.69 Å². The van der Waals surface area contributed by atoms with Crippen LogP contribution in [0.25, 0.3) is 0 Å². The normalized spacial score (nSPS) is 12.1. The second-order valence-corrected chi connectivity index (χ2v) is 4.63. The van der Waals surface area contributed by atoms with E-state index in [1.807, 2.05) is 36.4 Å². The Bertz CT molecular complexity index is 665. The predicted molar refractivity (Wildman–Crippen MR) is 84.4 cm³/mol. The number of carboxylic acids is 1. The van der Waals surface area contributed by atoms with Gasteiger partial charge in [-0.1, -0.05) is 6.07 Å². The van der Waals surface area contributed by atoms with Crippen molar-refractivity contribution in [2.45, 2.75) is 13.0 Å². The maximum atomic E-state index is 10.7. The number of methoxy groups -OCH3 is 1. The molecule has 1 N–H and O–H groups in total. The van der Waals surface area contributed by atoms with Crippen LogP contribution in [0.5, 0.6) is 11.5 Å². The fraction of sp³-hybridized carbons (Fsp3) is 0.176. The summed E-state index contributed by atoms with van der Waals surface area (Å²) >= 11 is 0. The lowest BCUT2D eigenvalue weighted by Crippen LogP contribution is -2.22. The van der Waals surface area contributed by atoms with Gasteiger partial charge in [-0.05, 0) is 48.9 Å². The number of benzene rings is 2. The highest BCUT2D eigenvalue weighted by Crippen LogP contribution is 2.19. The Labute approximate surface area is 128 Å². The van der Waals surface area contributed by atoms with Gasteiger partial charge in [-0.25, -0.2) is 4.79 Å². The molecule has 0 aliphatic rings. The Kier molecular flexibility index (Phi) is 5.14. The third kappa shape index (κ3) is 4.34. The number of hydrogen-bond acceptors (Lipinski definition) is 4. The first kappa shape index (κ1) is 15.6. The van der Waals surface area contributed by atoms with E-state index < -0.39 is 12.1 Å². The summed E-state index contributed by atoms with van der Waals surface area (Å²) in [5.41, 5.74) is 1.68. The van der Waals surface area contributed by atoms with Crippen molar-refractivity contribution in [3.05, 3.63) is 54.1 Å². The Balaban J connectivity index is 2.04. The van der Waals surface area contributed by atoms with Crippen molar-refractivity contribution < 1.29 is 19.4 Å². The second-order valence-electron chi connectivity index (χ2n) is 4.63. The van der Waals surface area contributed by atoms with Crippen molar-refractivity contribution in [2.75, 3.05) is 7.11 Å². The van der Waals surface area contributed by atoms with Gasteiger partial charge >= 0.3 is 5.97 Å². The molecule has 0 aromatic heterocycles. The van der Waals surface area contributed by atoms with Crippen molar-refractivity contribution in [3.63, 3.8) is 0 Å². The molecule has 0 radical (unpaired) electrons. The standard InChI is InChI=1S/C17H17NO4/c1-12(17(19)20)22-15-8-6-13(7-9-15)11-18-14-4-3-5-16(10-14)21-2/h3-12H,1-2H3,(H,19,20)/t12-/m0/s1. The number of carbonyl (C=O) groups is 1. The third-order valence-corrected chi connectivity index (χ3v) is 2.96. The van der Waals surface area contributed by atoms with E-state index in [1.165, 1.54) is 6.92 Å². The SMILES string of the molecule is COc1cccc(N=Cc2ccc(O[C@@H](C)C(=O)O)cc2)c1. The van der Waals surface area contributed by atoms with E-state index in [1.54, 1.807) is 25.5 Å². The zero-order valence-corrected chi connectivity index (χ0v) is 12.4. The Morgan fingerprint density at radius 3 is 2.55 bits per heavy atom. The fourth-order valence-corrected chi connectivity index (χ4v) is 1.73. The van der Waals surface area contributed by atoms with Gasteiger partial charge in [0.1, 0.15) is 11.5 Å². The summed E-state index contributed by atoms with van der Waals surface area (Å²) in [7, 11) is 1.61. The lowest BCUT2D eigenvalue weighted by Gasteiger charge is -2.09. The first-order valence-corrected chi connectivity index (χ1v) is 6.76. The molecule has 0 unspecified atom stereocenters. The molecule has 2 aromatic carbocycles. The average molecular weight is 299 g/mol. The van der Waals surface area contributed by atoms with Crippen LogP contribution in [0.3, 0.4) is 0 Å². The molecule has 0 heterocycles. The van der Waals surface area contributed by atoms with Gasteiger partial charge in [0.15, 0.2) is 6.10 Å². The van der Waals surface area contributed by atoms with E-state index in [-0.39, 0.29) is 0 Å². The van der Waals surface area contributed by atoms with Crippen molar-refractivity contribution in [1.29, 1.82) is 0 Å². The number of aliphatic carboxylic acids is 1. The lowest BCUT2D eigenvalue weighted by molar-refractivity contribution is -0.144. The number of carboxylic acid groups (broad SMARTS) is 1. The molecule has 0 fully saturated rings. The van der Waals surface area contributed by atoms with Gasteiger partial charge in [0, 0.05) is 12.3 Å². The fourth-order valence-electron chi connectivity index (χ4n) is 1.73. The molecule has 22 heavy (non-hydrogen) atoms. The number of rotatable bonds is 6. The molecule has 0 saturated carbocycles. The molecule has 0 spiro atoms. The Hall–Kier alpha value is -2.82. The number of nitrogens with zero attached hydrogens (tertiary/aromatic N) is 1. The average Bonchev–Trinajstić information content (AvgIpc) is 2.54. The maximum absolute atomic E-state index is 10.7. The number of ether oxygens (including phenoxy) is 2. The Morgan fingerprint density at radius 1 is 1.18 bits per heavy atom. The highest BCUT2D eigenvalue weighted by Gasteiger charge is 2.11. The second kappa shape index (κ2) is 7.26. The van der Waals surface area contributed by atoms with Gasteiger partial charge in [0.05, 0.1) is 12.8 Å². The lowest BCUT2D eigenvalue weighted by atomic mass is 10.2. The molecule has 2 aromatic rings. The van der Waals surface area contributed by atoms with Crippen molar-refractivity contribution >= 4 is 17.9 Å². The van der Waals surface area contributed by atoms with Crippen molar-refractivity contribution in [2.24, 2.45) is 4.99 Å². The minimum absolute atomic E-state index is 0.508. The summed E-state index contributed by atoms with van der Waals surface area (Å²) in [6, 6.07) is 14.5. The van der Waals surface area contributed by atoms with Crippen LogP contribution >= 0.6 is 0 Å². The van der Waals surface area contributed by atoms with Gasteiger partial charge in [-0.15, -0.1) is 0 Å². The van der Waals surface area contributed by atoms with Gasteiger partial charge in [-0.2, -0.15) is 0 Å². The molecular weight excluding hydrogens is 282 g/mol. The van der Waals surface area contributed by atoms with Crippen molar-refractivity contribution in [1.82, 2.24) is 0 Å². The zero-order chi connectivity index (χ0) is 15.9. The van der Waals surface area contributed by atoms with Crippen LogP contribution in [0, 0.1) is 0 Å². The first-order chi connectivity index (χ1) is 10.6. The summed E-state index contributed by atoms with van der Waals surface area (Å²) in [4.78, 5) is 15.1. The summed E-state index contributed by atoms with van der Waals surface area (Å²) in [6.45, 7) is 1.49. The molecule has 0 amide bonds. The summed E-state index contributed by atoms with van der Waals surface area (Å²) in [5, 5.41) is 8.79. The maximum Gasteiger partial charge on any atom is 0.344 e. The first-order valence-electron chi connectivity index (χ1n) is 6.76. The highest BCUT2D eigenvalue weighted by molar-refractivity contribution is 5.82. The summed E-state index contributed by atoms with van der Waals surface area (Å²) in [5.74, 6) is 0.262. The van der Waals surface area contributed by atoms with Crippen LogP contribution in [0.15, 0.2) is 53.5 Å². The van der Waals surface area contributed by atoms with Gasteiger partial charge in [0.2, 0.25) is 0 Å². The highest BCUT2D eigenvalue weighted by atomic mass is 16.5. The van der Waals surface area contributed by atoms with E-state index in [2.05, 4.69) is 4.99 Å². The minimum Gasteiger partial charge on any atom is -0.497 e. The van der Waals surface area contributed by atoms with E-state index in [9.17, 15) is 4.79 Å². The van der Waals surface area contributed by atoms with Crippen LogP contribution in [0.2, 0.25) is 0 Å². The largest absolute Gasteiger partial charge is 0.497 e. The number of hydrogen-bond donors (Lipinski definition) is 1. The van der Waals surface area contributed by atoms with E-state index in [0.29, 0.717) is 5.75 Å². The molecular formula is C17H17NO4. The summed E-state index contributed by atoms with van der Waals surface area (Å²) < 4.78 is 10.4. The van der Waals surface area contributed by atoms with E-state index in [4.69, 9.17) is 14.6 Å². The topological polar surface area (TPSA) is 68.1 Å². The molecule has 1 atom stereocenters. The monoisotopic (exact) mass is 299 g/mol. The van der Waals surface area contributed by atoms with Crippen LogP contribution in [0.1, 0.15) is 12.5 Å². The quantitative estimate of drug-likeness (QED) is 0.831. The molecule has 0 bridgehead atoms. The minimum atomic E-state index is -0.997. The van der Waals surface area contributed by atoms with Crippen molar-refractivity contribution in [3.8, 4) is 11.5 Å². The smallest absolute Gasteiger partial charge is 0.344 e. The van der Waals surface area contributed by atoms with Gasteiger partial charge in [-0.3, -0.25) is 4.99 Å². The molecule has 5 heteroatoms. The van der Waals surface area contributed by atoms with Gasteiger partial charge < -0.3 is 14.6 Å². The molecule has 0 aliphatic carbocycles. The molecule has 5 nitrogen and oxygen atoms in total. The zero-order valence-electron chi connectivity index (χ0n) is 12.4. The molecule has 114 valence electrons. The van der Waals surface area contributed by atoms with Crippen LogP contribution in [-0.4, -0.2) is 30.5 Å². The van der Waals surface area contributed by atoms with E-state index in [0.717, 1.165) is 17.0 Å². The third-order valence-electron chi connectivity index (χ3n) is 2.96. The molecule has 0 saturated heterocycles. The number of aliphatic imine (C=N–C) groups is 1. The Morgan fingerprint density at radius 2 is 1.91 bits per heavy atom. The van der Waals surface area contributed by atoms with E-state index >= 15 is 0 Å². The van der Waals surface area contributed by atoms with Gasteiger partial charge in [0.25, 0.3) is 0 Å². The summed E-state index contributed by atoms with van der Waals surface area (Å²) in [6.07, 6.45) is 0.843. The molecule has 0 aliphatic heterocycles.